The third-order valence-corrected chi connectivity index (χ3v) is 5.58. The molecule has 22 heavy (non-hydrogen) atoms. The number of carbonyl (C=O) groups excluding carboxylic acids is 1. The highest BCUT2D eigenvalue weighted by Gasteiger charge is 2.28. The second-order valence-corrected chi connectivity index (χ2v) is 8.06. The van der Waals surface area contributed by atoms with Crippen LogP contribution in [-0.4, -0.2) is 58.6 Å². The molecule has 0 bridgehead atoms. The Balaban J connectivity index is 2.04. The quantitative estimate of drug-likeness (QED) is 0.801. The lowest BCUT2D eigenvalue weighted by atomic mass is 10.1. The van der Waals surface area contributed by atoms with E-state index >= 15 is 0 Å². The number of nitrogens with zero attached hydrogens (tertiary/aromatic N) is 4. The van der Waals surface area contributed by atoms with E-state index < -0.39 is 9.84 Å². The fourth-order valence-corrected chi connectivity index (χ4v) is 4.25. The van der Waals surface area contributed by atoms with E-state index in [9.17, 15) is 13.2 Å². The Kier molecular flexibility index (Phi) is 5.20. The van der Waals surface area contributed by atoms with Gasteiger partial charge in [-0.05, 0) is 33.1 Å². The number of likely N-dealkylation sites (tertiary alicyclic amines) is 1. The molecular weight excluding hydrogens is 304 g/mol. The molecule has 2 rings (SSSR count). The smallest absolute Gasteiger partial charge is 0.237 e. The minimum Gasteiger partial charge on any atom is -0.340 e. The standard InChI is InChI=1S/C14H24N4O3S/c1-4-8-22(20,21)10-14(19)17-7-5-6-13(9-17)18-12(3)15-11(2)16-18/h13H,4-10H2,1-3H3. The van der Waals surface area contributed by atoms with Crippen LogP contribution in [0.15, 0.2) is 0 Å². The van der Waals surface area contributed by atoms with Crippen LogP contribution in [0.4, 0.5) is 0 Å². The Labute approximate surface area is 131 Å². The van der Waals surface area contributed by atoms with Crippen LogP contribution in [0.1, 0.15) is 43.9 Å². The maximum Gasteiger partial charge on any atom is 0.237 e. The normalized spacial score (nSPS) is 19.4. The molecule has 2 heterocycles. The van der Waals surface area contributed by atoms with Gasteiger partial charge in [0.25, 0.3) is 0 Å². The molecule has 0 spiro atoms. The van der Waals surface area contributed by atoms with Gasteiger partial charge >= 0.3 is 0 Å². The van der Waals surface area contributed by atoms with Crippen molar-refractivity contribution in [1.82, 2.24) is 19.7 Å². The van der Waals surface area contributed by atoms with Gasteiger partial charge in [0, 0.05) is 13.1 Å². The molecule has 0 saturated carbocycles. The molecule has 1 amide bonds. The van der Waals surface area contributed by atoms with Crippen LogP contribution in [0.5, 0.6) is 0 Å². The van der Waals surface area contributed by atoms with Gasteiger partial charge in [0.05, 0.1) is 11.8 Å². The Bertz CT molecular complexity index is 639. The van der Waals surface area contributed by atoms with E-state index in [-0.39, 0.29) is 23.5 Å². The summed E-state index contributed by atoms with van der Waals surface area (Å²) in [5, 5.41) is 4.38. The lowest BCUT2D eigenvalue weighted by Crippen LogP contribution is -2.43. The van der Waals surface area contributed by atoms with E-state index in [2.05, 4.69) is 10.1 Å². The minimum absolute atomic E-state index is 0.0669. The summed E-state index contributed by atoms with van der Waals surface area (Å²) >= 11 is 0. The Morgan fingerprint density at radius 3 is 2.68 bits per heavy atom. The zero-order valence-corrected chi connectivity index (χ0v) is 14.3. The van der Waals surface area contributed by atoms with Gasteiger partial charge in [-0.2, -0.15) is 5.10 Å². The van der Waals surface area contributed by atoms with Gasteiger partial charge in [0.2, 0.25) is 5.91 Å². The first-order valence-corrected chi connectivity index (χ1v) is 9.52. The molecule has 1 aromatic rings. The number of aryl methyl sites for hydroxylation is 2. The first-order valence-electron chi connectivity index (χ1n) is 7.70. The van der Waals surface area contributed by atoms with Crippen molar-refractivity contribution in [1.29, 1.82) is 0 Å². The first kappa shape index (κ1) is 16.9. The molecule has 0 aliphatic carbocycles. The van der Waals surface area contributed by atoms with Gasteiger partial charge < -0.3 is 4.90 Å². The molecule has 1 aliphatic rings. The molecule has 0 aromatic carbocycles. The lowest BCUT2D eigenvalue weighted by molar-refractivity contribution is -0.130. The van der Waals surface area contributed by atoms with Crippen molar-refractivity contribution in [3.63, 3.8) is 0 Å². The van der Waals surface area contributed by atoms with E-state index in [4.69, 9.17) is 0 Å². The molecule has 1 unspecified atom stereocenters. The molecule has 7 nitrogen and oxygen atoms in total. The summed E-state index contributed by atoms with van der Waals surface area (Å²) in [6.45, 7) is 6.65. The average Bonchev–Trinajstić information content (AvgIpc) is 2.77. The van der Waals surface area contributed by atoms with Gasteiger partial charge in [0.15, 0.2) is 9.84 Å². The number of hydrogen-bond donors (Lipinski definition) is 0. The minimum atomic E-state index is -3.29. The fraction of sp³-hybridized carbons (Fsp3) is 0.786. The van der Waals surface area contributed by atoms with Gasteiger partial charge in [-0.15, -0.1) is 0 Å². The van der Waals surface area contributed by atoms with E-state index in [0.717, 1.165) is 18.7 Å². The Morgan fingerprint density at radius 1 is 1.36 bits per heavy atom. The Hall–Kier alpha value is -1.44. The fourth-order valence-electron chi connectivity index (χ4n) is 2.93. The lowest BCUT2D eigenvalue weighted by Gasteiger charge is -2.33. The Morgan fingerprint density at radius 2 is 2.09 bits per heavy atom. The maximum absolute atomic E-state index is 12.3. The van der Waals surface area contributed by atoms with Crippen molar-refractivity contribution in [3.8, 4) is 0 Å². The summed E-state index contributed by atoms with van der Waals surface area (Å²) in [5.74, 6) is 0.926. The summed E-state index contributed by atoms with van der Waals surface area (Å²) in [5.41, 5.74) is 0. The third kappa shape index (κ3) is 4.06. The topological polar surface area (TPSA) is 85.2 Å². The molecular formula is C14H24N4O3S. The third-order valence-electron chi connectivity index (χ3n) is 3.86. The van der Waals surface area contributed by atoms with Crippen molar-refractivity contribution in [2.24, 2.45) is 0 Å². The molecule has 1 atom stereocenters. The van der Waals surface area contributed by atoms with Crippen LogP contribution in [0.3, 0.4) is 0 Å². The predicted octanol–water partition coefficient (Wildman–Crippen LogP) is 0.883. The first-order chi connectivity index (χ1) is 10.3. The SMILES string of the molecule is CCCS(=O)(=O)CC(=O)N1CCCC(n2nc(C)nc2C)C1. The van der Waals surface area contributed by atoms with E-state index in [1.54, 1.807) is 11.8 Å². The highest BCUT2D eigenvalue weighted by molar-refractivity contribution is 7.92. The molecule has 1 fully saturated rings. The van der Waals surface area contributed by atoms with E-state index in [1.807, 2.05) is 18.5 Å². The van der Waals surface area contributed by atoms with Gasteiger partial charge in [-0.1, -0.05) is 6.92 Å². The van der Waals surface area contributed by atoms with Gasteiger partial charge in [-0.3, -0.25) is 4.79 Å². The maximum atomic E-state index is 12.3. The van der Waals surface area contributed by atoms with Crippen molar-refractivity contribution < 1.29 is 13.2 Å². The number of rotatable bonds is 5. The molecule has 0 radical (unpaired) electrons. The second-order valence-electron chi connectivity index (χ2n) is 5.88. The number of carbonyl (C=O) groups is 1. The average molecular weight is 328 g/mol. The zero-order chi connectivity index (χ0) is 16.3. The summed E-state index contributed by atoms with van der Waals surface area (Å²) < 4.78 is 25.5. The number of sulfone groups is 1. The summed E-state index contributed by atoms with van der Waals surface area (Å²) in [6.07, 6.45) is 2.31. The summed E-state index contributed by atoms with van der Waals surface area (Å²) in [6, 6.07) is 0.0766. The van der Waals surface area contributed by atoms with Crippen molar-refractivity contribution in [2.75, 3.05) is 24.6 Å². The summed E-state index contributed by atoms with van der Waals surface area (Å²) in [7, 11) is -3.29. The molecule has 124 valence electrons. The molecule has 1 saturated heterocycles. The van der Waals surface area contributed by atoms with Crippen LogP contribution in [-0.2, 0) is 14.6 Å². The number of hydrogen-bond acceptors (Lipinski definition) is 5. The van der Waals surface area contributed by atoms with Crippen molar-refractivity contribution >= 4 is 15.7 Å². The molecule has 8 heteroatoms. The molecule has 1 aliphatic heterocycles. The monoisotopic (exact) mass is 328 g/mol. The number of amides is 1. The molecule has 0 N–H and O–H groups in total. The number of piperidine rings is 1. The second kappa shape index (κ2) is 6.76. The van der Waals surface area contributed by atoms with Crippen LogP contribution in [0.25, 0.3) is 0 Å². The molecule has 1 aromatic heterocycles. The van der Waals surface area contributed by atoms with Crippen LogP contribution < -0.4 is 0 Å². The predicted molar refractivity (Wildman–Crippen MR) is 83.3 cm³/mol. The van der Waals surface area contributed by atoms with Gasteiger partial charge in [0.1, 0.15) is 17.4 Å². The summed E-state index contributed by atoms with van der Waals surface area (Å²) in [4.78, 5) is 18.2. The highest BCUT2D eigenvalue weighted by Crippen LogP contribution is 2.22. The number of aromatic nitrogens is 3. The van der Waals surface area contributed by atoms with Crippen molar-refractivity contribution in [2.45, 2.75) is 46.1 Å². The van der Waals surface area contributed by atoms with Crippen LogP contribution >= 0.6 is 0 Å². The van der Waals surface area contributed by atoms with Crippen LogP contribution in [0, 0.1) is 13.8 Å². The van der Waals surface area contributed by atoms with Crippen LogP contribution in [0.2, 0.25) is 0 Å². The van der Waals surface area contributed by atoms with Gasteiger partial charge in [-0.25, -0.2) is 18.1 Å². The van der Waals surface area contributed by atoms with E-state index in [0.29, 0.717) is 25.3 Å². The van der Waals surface area contributed by atoms with E-state index in [1.165, 1.54) is 0 Å². The highest BCUT2D eigenvalue weighted by atomic mass is 32.2. The zero-order valence-electron chi connectivity index (χ0n) is 13.4. The largest absolute Gasteiger partial charge is 0.340 e. The van der Waals surface area contributed by atoms with Crippen molar-refractivity contribution in [3.05, 3.63) is 11.6 Å².